The largest absolute Gasteiger partial charge is 0.350 e. The number of nitrogens with zero attached hydrogens (tertiary/aromatic N) is 3. The molecular formula is C28H31N5O3. The van der Waals surface area contributed by atoms with Crippen LogP contribution in [0.4, 0.5) is 0 Å². The molecule has 36 heavy (non-hydrogen) atoms. The lowest BCUT2D eigenvalue weighted by Crippen LogP contribution is -2.64. The second kappa shape index (κ2) is 9.26. The van der Waals surface area contributed by atoms with Crippen molar-refractivity contribution >= 4 is 17.7 Å². The third-order valence-electron chi connectivity index (χ3n) is 7.03. The quantitative estimate of drug-likeness (QED) is 0.538. The van der Waals surface area contributed by atoms with Crippen LogP contribution >= 0.6 is 0 Å². The Balaban J connectivity index is 1.35. The van der Waals surface area contributed by atoms with Gasteiger partial charge < -0.3 is 20.1 Å². The summed E-state index contributed by atoms with van der Waals surface area (Å²) >= 11 is 0. The van der Waals surface area contributed by atoms with Crippen molar-refractivity contribution in [3.63, 3.8) is 0 Å². The van der Waals surface area contributed by atoms with E-state index in [-0.39, 0.29) is 35.8 Å². The van der Waals surface area contributed by atoms with Crippen LogP contribution in [0.15, 0.2) is 54.9 Å². The van der Waals surface area contributed by atoms with E-state index in [2.05, 4.69) is 15.6 Å². The molecule has 0 bridgehead atoms. The lowest BCUT2D eigenvalue weighted by molar-refractivity contribution is -0.133. The van der Waals surface area contributed by atoms with Crippen LogP contribution in [0.25, 0.3) is 0 Å². The Morgan fingerprint density at radius 3 is 2.06 bits per heavy atom. The van der Waals surface area contributed by atoms with Gasteiger partial charge in [-0.25, -0.2) is 4.98 Å². The summed E-state index contributed by atoms with van der Waals surface area (Å²) in [5.74, 6) is -0.941. The topological polar surface area (TPSA) is 96.3 Å². The summed E-state index contributed by atoms with van der Waals surface area (Å²) in [6.45, 7) is 6.78. The maximum absolute atomic E-state index is 13.7. The maximum Gasteiger partial charge on any atom is 0.274 e. The van der Waals surface area contributed by atoms with E-state index < -0.39 is 11.4 Å². The van der Waals surface area contributed by atoms with Gasteiger partial charge in [0.1, 0.15) is 11.2 Å². The molecule has 2 aromatic carbocycles. The van der Waals surface area contributed by atoms with Crippen LogP contribution in [-0.2, 0) is 24.4 Å². The Kier molecular flexibility index (Phi) is 6.12. The van der Waals surface area contributed by atoms with Crippen LogP contribution in [0, 0.1) is 13.8 Å². The van der Waals surface area contributed by atoms with Crippen molar-refractivity contribution in [2.24, 2.45) is 0 Å². The van der Waals surface area contributed by atoms with Crippen molar-refractivity contribution in [2.75, 3.05) is 0 Å². The number of rotatable bonds is 7. The second-order valence-electron chi connectivity index (χ2n) is 10.1. The number of carbonyl (C=O) groups excluding carboxylic acids is 3. The number of amides is 3. The van der Waals surface area contributed by atoms with Crippen LogP contribution in [0.1, 0.15) is 63.0 Å². The minimum Gasteiger partial charge on any atom is -0.350 e. The minimum atomic E-state index is -1.08. The summed E-state index contributed by atoms with van der Waals surface area (Å²) in [6, 6.07) is 15.9. The van der Waals surface area contributed by atoms with E-state index in [4.69, 9.17) is 0 Å². The predicted octanol–water partition coefficient (Wildman–Crippen LogP) is 3.12. The maximum atomic E-state index is 13.7. The van der Waals surface area contributed by atoms with Crippen molar-refractivity contribution in [1.29, 1.82) is 0 Å². The van der Waals surface area contributed by atoms with Gasteiger partial charge in [0.05, 0.1) is 12.9 Å². The van der Waals surface area contributed by atoms with Crippen molar-refractivity contribution < 1.29 is 14.4 Å². The van der Waals surface area contributed by atoms with Gasteiger partial charge in [0.25, 0.3) is 11.8 Å². The van der Waals surface area contributed by atoms with Crippen molar-refractivity contribution in [3.05, 3.63) is 88.5 Å². The molecule has 8 nitrogen and oxygen atoms in total. The summed E-state index contributed by atoms with van der Waals surface area (Å²) in [5.41, 5.74) is 3.52. The summed E-state index contributed by atoms with van der Waals surface area (Å²) in [5, 5.41) is 5.89. The average molecular weight is 486 g/mol. The first-order chi connectivity index (χ1) is 17.3. The lowest BCUT2D eigenvalue weighted by atomic mass is 9.93. The first kappa shape index (κ1) is 23.8. The van der Waals surface area contributed by atoms with Gasteiger partial charge in [-0.15, -0.1) is 0 Å². The number of imidazole rings is 1. The Bertz CT molecular complexity index is 1310. The fraction of sp³-hybridized carbons (Fsp3) is 0.357. The van der Waals surface area contributed by atoms with Gasteiger partial charge in [0.2, 0.25) is 5.91 Å². The zero-order valence-corrected chi connectivity index (χ0v) is 20.9. The molecule has 0 radical (unpaired) electrons. The summed E-state index contributed by atoms with van der Waals surface area (Å²) < 4.78 is 1.65. The van der Waals surface area contributed by atoms with E-state index in [0.717, 1.165) is 35.1 Å². The third kappa shape index (κ3) is 4.51. The molecule has 5 rings (SSSR count). The first-order valence-corrected chi connectivity index (χ1v) is 12.3. The highest BCUT2D eigenvalue weighted by atomic mass is 16.2. The molecule has 8 heteroatoms. The van der Waals surface area contributed by atoms with Gasteiger partial charge in [-0.1, -0.05) is 59.7 Å². The fourth-order valence-corrected chi connectivity index (χ4v) is 4.77. The molecule has 1 aliphatic carbocycles. The molecule has 1 aromatic heterocycles. The summed E-state index contributed by atoms with van der Waals surface area (Å²) in [7, 11) is 0. The van der Waals surface area contributed by atoms with Gasteiger partial charge in [0, 0.05) is 19.1 Å². The van der Waals surface area contributed by atoms with Crippen LogP contribution in [-0.4, -0.2) is 43.8 Å². The molecule has 2 heterocycles. The van der Waals surface area contributed by atoms with E-state index in [1.807, 2.05) is 62.4 Å². The normalized spacial score (nSPS) is 19.1. The number of benzene rings is 2. The van der Waals surface area contributed by atoms with Crippen LogP contribution in [0.3, 0.4) is 0 Å². The van der Waals surface area contributed by atoms with E-state index in [1.54, 1.807) is 16.4 Å². The van der Waals surface area contributed by atoms with E-state index in [9.17, 15) is 14.4 Å². The minimum absolute atomic E-state index is 0.0141. The van der Waals surface area contributed by atoms with Crippen LogP contribution in [0.5, 0.6) is 0 Å². The Morgan fingerprint density at radius 1 is 0.944 bits per heavy atom. The standard InChI is InChI=1S/C28H31N5O3/c1-18-4-8-20(9-5-18)14-29-25(34)23-24-26(35)33(22-12-13-22)28(3,16-32(24)17-31-23)27(36)30-15-21-10-6-19(2)7-11-21/h4-11,17,22H,12-16H2,1-3H3,(H,29,34)(H,30,36). The van der Waals surface area contributed by atoms with Gasteiger partial charge in [-0.05, 0) is 44.7 Å². The molecule has 1 fully saturated rings. The Morgan fingerprint density at radius 2 is 1.50 bits per heavy atom. The summed E-state index contributed by atoms with van der Waals surface area (Å²) in [6.07, 6.45) is 3.18. The van der Waals surface area contributed by atoms with Crippen LogP contribution in [0.2, 0.25) is 0 Å². The zero-order chi connectivity index (χ0) is 25.4. The zero-order valence-electron chi connectivity index (χ0n) is 20.9. The number of fused-ring (bicyclic) bond motifs is 1. The molecule has 0 saturated heterocycles. The van der Waals surface area contributed by atoms with Crippen molar-refractivity contribution in [3.8, 4) is 0 Å². The highest BCUT2D eigenvalue weighted by molar-refractivity contribution is 6.07. The first-order valence-electron chi connectivity index (χ1n) is 12.3. The lowest BCUT2D eigenvalue weighted by Gasteiger charge is -2.44. The fourth-order valence-electron chi connectivity index (χ4n) is 4.77. The average Bonchev–Trinajstić information content (AvgIpc) is 3.60. The SMILES string of the molecule is Cc1ccc(CNC(=O)c2ncn3c2C(=O)N(C2CC2)C(C)(C(=O)NCc2ccc(C)cc2)C3)cc1. The smallest absolute Gasteiger partial charge is 0.274 e. The third-order valence-corrected chi connectivity index (χ3v) is 7.03. The number of hydrogen-bond acceptors (Lipinski definition) is 4. The molecule has 186 valence electrons. The van der Waals surface area contributed by atoms with Crippen LogP contribution < -0.4 is 10.6 Å². The molecule has 3 aromatic rings. The molecule has 1 atom stereocenters. The van der Waals surface area contributed by atoms with Crippen molar-refractivity contribution in [2.45, 2.75) is 64.8 Å². The Labute approximate surface area is 210 Å². The molecule has 1 saturated carbocycles. The Hall–Kier alpha value is -3.94. The molecule has 0 spiro atoms. The number of nitrogens with one attached hydrogen (secondary N) is 2. The molecule has 1 aliphatic heterocycles. The van der Waals surface area contributed by atoms with E-state index in [1.165, 1.54) is 6.33 Å². The van der Waals surface area contributed by atoms with E-state index in [0.29, 0.717) is 13.1 Å². The number of carbonyl (C=O) groups is 3. The molecule has 3 amide bonds. The van der Waals surface area contributed by atoms with Gasteiger partial charge in [-0.2, -0.15) is 0 Å². The molecule has 1 unspecified atom stereocenters. The van der Waals surface area contributed by atoms with E-state index >= 15 is 0 Å². The number of aromatic nitrogens is 2. The molecular weight excluding hydrogens is 454 g/mol. The number of aryl methyl sites for hydroxylation is 2. The van der Waals surface area contributed by atoms with Gasteiger partial charge in [-0.3, -0.25) is 14.4 Å². The predicted molar refractivity (Wildman–Crippen MR) is 135 cm³/mol. The van der Waals surface area contributed by atoms with Crippen molar-refractivity contribution in [1.82, 2.24) is 25.1 Å². The second-order valence-corrected chi connectivity index (χ2v) is 10.1. The molecule has 2 aliphatic rings. The summed E-state index contributed by atoms with van der Waals surface area (Å²) in [4.78, 5) is 46.2. The highest BCUT2D eigenvalue weighted by Gasteiger charge is 2.53. The van der Waals surface area contributed by atoms with Gasteiger partial charge >= 0.3 is 0 Å². The monoisotopic (exact) mass is 485 g/mol. The highest BCUT2D eigenvalue weighted by Crippen LogP contribution is 2.38. The molecule has 2 N–H and O–H groups in total. The number of hydrogen-bond donors (Lipinski definition) is 2. The van der Waals surface area contributed by atoms with Gasteiger partial charge in [0.15, 0.2) is 5.69 Å².